The van der Waals surface area contributed by atoms with Gasteiger partial charge in [0, 0.05) is 16.1 Å². The van der Waals surface area contributed by atoms with Crippen molar-refractivity contribution in [2.45, 2.75) is 19.1 Å². The minimum Gasteiger partial charge on any atom is -0.484 e. The first-order valence-electron chi connectivity index (χ1n) is 6.09. The summed E-state index contributed by atoms with van der Waals surface area (Å²) < 4.78 is 19.1. The van der Waals surface area contributed by atoms with E-state index in [1.807, 2.05) is 0 Å². The predicted molar refractivity (Wildman–Crippen MR) is 79.9 cm³/mol. The summed E-state index contributed by atoms with van der Waals surface area (Å²) in [5, 5.41) is 0.935. The molecule has 0 aliphatic carbocycles. The van der Waals surface area contributed by atoms with E-state index in [2.05, 4.69) is 0 Å². The Bertz CT molecular complexity index is 584. The Balaban J connectivity index is 2.30. The number of hydrogen-bond acceptors (Lipinski definition) is 2. The molecule has 2 aromatic carbocycles. The maximum atomic E-state index is 13.3. The van der Waals surface area contributed by atoms with E-state index in [-0.39, 0.29) is 11.9 Å². The van der Waals surface area contributed by atoms with E-state index in [0.29, 0.717) is 21.4 Å². The zero-order chi connectivity index (χ0) is 14.7. The Labute approximate surface area is 127 Å². The molecule has 0 spiro atoms. The van der Waals surface area contributed by atoms with E-state index in [0.717, 1.165) is 0 Å². The van der Waals surface area contributed by atoms with Crippen molar-refractivity contribution < 1.29 is 9.13 Å². The van der Waals surface area contributed by atoms with Crippen molar-refractivity contribution >= 4 is 23.2 Å². The van der Waals surface area contributed by atoms with Crippen LogP contribution in [0.15, 0.2) is 42.5 Å². The van der Waals surface area contributed by atoms with Crippen molar-refractivity contribution in [1.82, 2.24) is 0 Å². The number of halogens is 3. The lowest BCUT2D eigenvalue weighted by atomic mass is 10.0. The van der Waals surface area contributed by atoms with Gasteiger partial charge in [0.1, 0.15) is 17.7 Å². The van der Waals surface area contributed by atoms with Crippen LogP contribution < -0.4 is 10.5 Å². The molecule has 0 aliphatic heterocycles. The van der Waals surface area contributed by atoms with Crippen LogP contribution in [0.3, 0.4) is 0 Å². The molecule has 0 fully saturated rings. The van der Waals surface area contributed by atoms with Crippen LogP contribution in [0, 0.1) is 5.82 Å². The minimum absolute atomic E-state index is 0.324. The highest BCUT2D eigenvalue weighted by atomic mass is 35.5. The van der Waals surface area contributed by atoms with E-state index in [4.69, 9.17) is 33.7 Å². The fraction of sp³-hybridized carbons (Fsp3) is 0.200. The second kappa shape index (κ2) is 6.44. The molecular formula is C15H14Cl2FNO. The zero-order valence-corrected chi connectivity index (χ0v) is 12.3. The summed E-state index contributed by atoms with van der Waals surface area (Å²) in [6.45, 7) is 1.79. The highest BCUT2D eigenvalue weighted by molar-refractivity contribution is 6.34. The maximum Gasteiger partial charge on any atom is 0.139 e. The van der Waals surface area contributed by atoms with Crippen LogP contribution in [-0.2, 0) is 0 Å². The summed E-state index contributed by atoms with van der Waals surface area (Å²) in [4.78, 5) is 0. The van der Waals surface area contributed by atoms with Gasteiger partial charge in [0.25, 0.3) is 0 Å². The first-order valence-corrected chi connectivity index (χ1v) is 6.85. The van der Waals surface area contributed by atoms with Crippen molar-refractivity contribution in [1.29, 1.82) is 0 Å². The largest absolute Gasteiger partial charge is 0.484 e. The third kappa shape index (κ3) is 3.85. The SMILES string of the molecule is CC(N)C(Oc1cc(Cl)cc(Cl)c1)c1cccc(F)c1. The zero-order valence-electron chi connectivity index (χ0n) is 10.8. The van der Waals surface area contributed by atoms with Crippen LogP contribution in [0.4, 0.5) is 4.39 Å². The molecule has 0 radical (unpaired) electrons. The summed E-state index contributed by atoms with van der Waals surface area (Å²) in [6.07, 6.45) is -0.486. The number of benzene rings is 2. The molecular weight excluding hydrogens is 300 g/mol. The molecule has 2 aromatic rings. The molecule has 0 heterocycles. The van der Waals surface area contributed by atoms with Gasteiger partial charge in [-0.1, -0.05) is 35.3 Å². The summed E-state index contributed by atoms with van der Waals surface area (Å²) in [5.74, 6) is 0.162. The Morgan fingerprint density at radius 3 is 2.30 bits per heavy atom. The predicted octanol–water partition coefficient (Wildman–Crippen LogP) is 4.60. The minimum atomic E-state index is -0.486. The van der Waals surface area contributed by atoms with Gasteiger partial charge in [-0.3, -0.25) is 0 Å². The Morgan fingerprint density at radius 1 is 1.10 bits per heavy atom. The second-order valence-corrected chi connectivity index (χ2v) is 5.43. The third-order valence-corrected chi connectivity index (χ3v) is 3.19. The Hall–Kier alpha value is -1.29. The lowest BCUT2D eigenvalue weighted by molar-refractivity contribution is 0.180. The summed E-state index contributed by atoms with van der Waals surface area (Å²) >= 11 is 11.9. The smallest absolute Gasteiger partial charge is 0.139 e. The van der Waals surface area contributed by atoms with Gasteiger partial charge in [-0.2, -0.15) is 0 Å². The van der Waals surface area contributed by atoms with Gasteiger partial charge in [0.2, 0.25) is 0 Å². The topological polar surface area (TPSA) is 35.2 Å². The van der Waals surface area contributed by atoms with Crippen LogP contribution in [0.5, 0.6) is 5.75 Å². The molecule has 0 aromatic heterocycles. The third-order valence-electron chi connectivity index (χ3n) is 2.75. The van der Waals surface area contributed by atoms with Crippen LogP contribution in [0.2, 0.25) is 10.0 Å². The van der Waals surface area contributed by atoms with E-state index in [1.54, 1.807) is 37.3 Å². The van der Waals surface area contributed by atoms with Crippen LogP contribution in [0.25, 0.3) is 0 Å². The van der Waals surface area contributed by atoms with Gasteiger partial charge >= 0.3 is 0 Å². The van der Waals surface area contributed by atoms with Gasteiger partial charge in [0.05, 0.1) is 0 Å². The number of ether oxygens (including phenoxy) is 1. The molecule has 0 aliphatic rings. The molecule has 0 saturated carbocycles. The summed E-state index contributed by atoms with van der Waals surface area (Å²) in [7, 11) is 0. The van der Waals surface area contributed by atoms with Crippen molar-refractivity contribution in [3.05, 3.63) is 63.9 Å². The van der Waals surface area contributed by atoms with Gasteiger partial charge < -0.3 is 10.5 Å². The average molecular weight is 314 g/mol. The lowest BCUT2D eigenvalue weighted by Gasteiger charge is -2.23. The van der Waals surface area contributed by atoms with E-state index in [9.17, 15) is 4.39 Å². The van der Waals surface area contributed by atoms with Crippen molar-refractivity contribution in [3.8, 4) is 5.75 Å². The van der Waals surface area contributed by atoms with Gasteiger partial charge in [-0.15, -0.1) is 0 Å². The highest BCUT2D eigenvalue weighted by Gasteiger charge is 2.19. The number of hydrogen-bond donors (Lipinski definition) is 1. The van der Waals surface area contributed by atoms with Gasteiger partial charge in [-0.25, -0.2) is 4.39 Å². The van der Waals surface area contributed by atoms with Gasteiger partial charge in [0.15, 0.2) is 0 Å². The maximum absolute atomic E-state index is 13.3. The monoisotopic (exact) mass is 313 g/mol. The second-order valence-electron chi connectivity index (χ2n) is 4.56. The molecule has 2 unspecified atom stereocenters. The van der Waals surface area contributed by atoms with Crippen LogP contribution in [-0.4, -0.2) is 6.04 Å². The van der Waals surface area contributed by atoms with E-state index < -0.39 is 6.10 Å². The highest BCUT2D eigenvalue weighted by Crippen LogP contribution is 2.29. The molecule has 20 heavy (non-hydrogen) atoms. The van der Waals surface area contributed by atoms with Crippen molar-refractivity contribution in [3.63, 3.8) is 0 Å². The first kappa shape index (κ1) is 15.1. The molecule has 106 valence electrons. The standard InChI is InChI=1S/C15H14Cl2FNO/c1-9(19)15(10-3-2-4-13(18)5-10)20-14-7-11(16)6-12(17)8-14/h2-9,15H,19H2,1H3. The molecule has 0 saturated heterocycles. The average Bonchev–Trinajstić information content (AvgIpc) is 2.34. The molecule has 0 bridgehead atoms. The fourth-order valence-electron chi connectivity index (χ4n) is 1.91. The molecule has 0 amide bonds. The van der Waals surface area contributed by atoms with E-state index >= 15 is 0 Å². The van der Waals surface area contributed by atoms with Crippen LogP contribution in [0.1, 0.15) is 18.6 Å². The van der Waals surface area contributed by atoms with Crippen molar-refractivity contribution in [2.75, 3.05) is 0 Å². The first-order chi connectivity index (χ1) is 9.45. The molecule has 2 N–H and O–H groups in total. The summed E-state index contributed by atoms with van der Waals surface area (Å²) in [5.41, 5.74) is 6.59. The number of nitrogens with two attached hydrogens (primary N) is 1. The molecule has 2 nitrogen and oxygen atoms in total. The van der Waals surface area contributed by atoms with E-state index in [1.165, 1.54) is 12.1 Å². The molecule has 5 heteroatoms. The Kier molecular flexibility index (Phi) is 4.86. The lowest BCUT2D eigenvalue weighted by Crippen LogP contribution is -2.29. The molecule has 2 atom stereocenters. The fourth-order valence-corrected chi connectivity index (χ4v) is 2.41. The quantitative estimate of drug-likeness (QED) is 0.895. The van der Waals surface area contributed by atoms with Crippen molar-refractivity contribution in [2.24, 2.45) is 5.73 Å². The summed E-state index contributed by atoms with van der Waals surface area (Å²) in [6, 6.07) is 10.7. The number of rotatable bonds is 4. The van der Waals surface area contributed by atoms with Gasteiger partial charge in [-0.05, 0) is 42.8 Å². The normalized spacial score (nSPS) is 13.8. The molecule has 2 rings (SSSR count). The van der Waals surface area contributed by atoms with Crippen LogP contribution >= 0.6 is 23.2 Å². The Morgan fingerprint density at radius 2 is 1.75 bits per heavy atom.